The van der Waals surface area contributed by atoms with Crippen molar-refractivity contribution < 1.29 is 26.7 Å². The van der Waals surface area contributed by atoms with Crippen LogP contribution in [0.1, 0.15) is 5.56 Å². The molecular formula is C11H13F2NO4S. The average molecular weight is 293 g/mol. The van der Waals surface area contributed by atoms with Crippen LogP contribution in [-0.2, 0) is 26.0 Å². The zero-order chi connectivity index (χ0) is 14.5. The molecule has 0 radical (unpaired) electrons. The lowest BCUT2D eigenvalue weighted by Gasteiger charge is -2.07. The third-order valence-corrected chi connectivity index (χ3v) is 3.68. The molecule has 1 aromatic rings. The lowest BCUT2D eigenvalue weighted by molar-refractivity contribution is -0.139. The smallest absolute Gasteiger partial charge is 0.309 e. The van der Waals surface area contributed by atoms with Crippen molar-refractivity contribution in [2.75, 3.05) is 13.7 Å². The Morgan fingerprint density at radius 2 is 1.89 bits per heavy atom. The van der Waals surface area contributed by atoms with Gasteiger partial charge in [0, 0.05) is 0 Å². The van der Waals surface area contributed by atoms with Gasteiger partial charge in [-0.25, -0.2) is 21.9 Å². The van der Waals surface area contributed by atoms with E-state index in [2.05, 4.69) is 4.74 Å². The van der Waals surface area contributed by atoms with Gasteiger partial charge in [-0.05, 0) is 17.7 Å². The molecule has 0 aromatic heterocycles. The van der Waals surface area contributed by atoms with E-state index in [0.717, 1.165) is 0 Å². The maximum atomic E-state index is 11.9. The van der Waals surface area contributed by atoms with Gasteiger partial charge in [-0.3, -0.25) is 4.79 Å². The van der Waals surface area contributed by atoms with Crippen molar-refractivity contribution in [1.29, 1.82) is 0 Å². The molecule has 0 bridgehead atoms. The van der Waals surface area contributed by atoms with Gasteiger partial charge in [0.05, 0.1) is 25.0 Å². The molecule has 0 amide bonds. The van der Waals surface area contributed by atoms with Gasteiger partial charge in [0.2, 0.25) is 10.0 Å². The van der Waals surface area contributed by atoms with Crippen LogP contribution >= 0.6 is 0 Å². The Morgan fingerprint density at radius 3 is 2.37 bits per heavy atom. The Labute approximate surface area is 109 Å². The lowest BCUT2D eigenvalue weighted by Crippen LogP contribution is -2.28. The van der Waals surface area contributed by atoms with Gasteiger partial charge >= 0.3 is 5.97 Å². The molecule has 0 heterocycles. The summed E-state index contributed by atoms with van der Waals surface area (Å²) in [5.41, 5.74) is 0.569. The van der Waals surface area contributed by atoms with E-state index in [4.69, 9.17) is 0 Å². The number of carbonyl (C=O) groups excluding carboxylic acids is 1. The summed E-state index contributed by atoms with van der Waals surface area (Å²) in [6, 6.07) is 5.33. The highest BCUT2D eigenvalue weighted by atomic mass is 32.2. The number of alkyl halides is 2. The van der Waals surface area contributed by atoms with Crippen LogP contribution in [0.5, 0.6) is 0 Å². The first-order valence-corrected chi connectivity index (χ1v) is 6.77. The molecule has 8 heteroatoms. The second-order valence-electron chi connectivity index (χ2n) is 3.64. The number of benzene rings is 1. The summed E-state index contributed by atoms with van der Waals surface area (Å²) >= 11 is 0. The number of halogens is 2. The number of hydrogen-bond acceptors (Lipinski definition) is 4. The summed E-state index contributed by atoms with van der Waals surface area (Å²) < 4.78 is 53.3. The molecular weight excluding hydrogens is 280 g/mol. The van der Waals surface area contributed by atoms with Crippen LogP contribution in [0, 0.1) is 0 Å². The Bertz CT molecular complexity index is 528. The van der Waals surface area contributed by atoms with E-state index < -0.39 is 29.0 Å². The molecule has 106 valence electrons. The van der Waals surface area contributed by atoms with Gasteiger partial charge in [0.1, 0.15) is 0 Å². The van der Waals surface area contributed by atoms with Crippen LogP contribution < -0.4 is 4.72 Å². The predicted octanol–water partition coefficient (Wildman–Crippen LogP) is 0.945. The number of hydrogen-bond donors (Lipinski definition) is 1. The highest BCUT2D eigenvalue weighted by Crippen LogP contribution is 2.11. The summed E-state index contributed by atoms with van der Waals surface area (Å²) in [4.78, 5) is 10.9. The van der Waals surface area contributed by atoms with Crippen LogP contribution in [0.15, 0.2) is 29.2 Å². The summed E-state index contributed by atoms with van der Waals surface area (Å²) in [6.45, 7) is -0.938. The summed E-state index contributed by atoms with van der Waals surface area (Å²) in [5, 5.41) is 0. The second kappa shape index (κ2) is 6.58. The highest BCUT2D eigenvalue weighted by molar-refractivity contribution is 7.89. The molecule has 0 aliphatic carbocycles. The summed E-state index contributed by atoms with van der Waals surface area (Å²) in [5.74, 6) is -0.452. The molecule has 0 aliphatic rings. The number of methoxy groups -OCH3 is 1. The van der Waals surface area contributed by atoms with Crippen molar-refractivity contribution in [2.24, 2.45) is 0 Å². The zero-order valence-corrected chi connectivity index (χ0v) is 10.9. The van der Waals surface area contributed by atoms with Gasteiger partial charge in [-0.2, -0.15) is 0 Å². The molecule has 0 atom stereocenters. The standard InChI is InChI=1S/C11H13F2NO4S/c1-18-11(15)6-8-2-4-9(5-3-8)19(16,17)14-7-10(12)13/h2-5,10,14H,6-7H2,1H3. The topological polar surface area (TPSA) is 72.5 Å². The van der Waals surface area contributed by atoms with Crippen molar-refractivity contribution in [1.82, 2.24) is 4.72 Å². The van der Waals surface area contributed by atoms with Crippen molar-refractivity contribution in [3.8, 4) is 0 Å². The minimum absolute atomic E-state index is 0.0152. The Hall–Kier alpha value is -1.54. The summed E-state index contributed by atoms with van der Waals surface area (Å²) in [7, 11) is -2.71. The SMILES string of the molecule is COC(=O)Cc1ccc(S(=O)(=O)NCC(F)F)cc1. The Balaban J connectivity index is 2.78. The molecule has 19 heavy (non-hydrogen) atoms. The van der Waals surface area contributed by atoms with Crippen molar-refractivity contribution >= 4 is 16.0 Å². The van der Waals surface area contributed by atoms with Crippen LogP contribution in [-0.4, -0.2) is 34.5 Å². The molecule has 0 saturated carbocycles. The van der Waals surface area contributed by atoms with Gasteiger partial charge in [0.25, 0.3) is 6.43 Å². The van der Waals surface area contributed by atoms with E-state index in [1.807, 2.05) is 0 Å². The first-order valence-electron chi connectivity index (χ1n) is 5.28. The van der Waals surface area contributed by atoms with E-state index in [0.29, 0.717) is 5.56 Å². The number of esters is 1. The lowest BCUT2D eigenvalue weighted by atomic mass is 10.2. The fourth-order valence-electron chi connectivity index (χ4n) is 1.28. The molecule has 0 saturated heterocycles. The minimum Gasteiger partial charge on any atom is -0.469 e. The third-order valence-electron chi connectivity index (χ3n) is 2.24. The Morgan fingerprint density at radius 1 is 1.32 bits per heavy atom. The molecule has 0 aliphatic heterocycles. The van der Waals surface area contributed by atoms with Crippen LogP contribution in [0.3, 0.4) is 0 Å². The fourth-order valence-corrected chi connectivity index (χ4v) is 2.29. The average Bonchev–Trinajstić information content (AvgIpc) is 2.37. The van der Waals surface area contributed by atoms with Crippen molar-refractivity contribution in [3.05, 3.63) is 29.8 Å². The van der Waals surface area contributed by atoms with Gasteiger partial charge in [-0.1, -0.05) is 12.1 Å². The molecule has 1 rings (SSSR count). The van der Waals surface area contributed by atoms with Gasteiger partial charge in [0.15, 0.2) is 0 Å². The van der Waals surface area contributed by atoms with Crippen LogP contribution in [0.2, 0.25) is 0 Å². The van der Waals surface area contributed by atoms with E-state index in [-0.39, 0.29) is 11.3 Å². The quantitative estimate of drug-likeness (QED) is 0.792. The molecule has 0 fully saturated rings. The van der Waals surface area contributed by atoms with E-state index in [1.165, 1.54) is 31.4 Å². The Kier molecular flexibility index (Phi) is 5.37. The highest BCUT2D eigenvalue weighted by Gasteiger charge is 2.16. The monoisotopic (exact) mass is 293 g/mol. The first kappa shape index (κ1) is 15.5. The molecule has 5 nitrogen and oxygen atoms in total. The maximum Gasteiger partial charge on any atom is 0.309 e. The first-order chi connectivity index (χ1) is 8.85. The summed E-state index contributed by atoms with van der Waals surface area (Å²) in [6.07, 6.45) is -2.74. The largest absolute Gasteiger partial charge is 0.469 e. The molecule has 1 N–H and O–H groups in total. The second-order valence-corrected chi connectivity index (χ2v) is 5.41. The third kappa shape index (κ3) is 4.92. The van der Waals surface area contributed by atoms with E-state index in [1.54, 1.807) is 4.72 Å². The van der Waals surface area contributed by atoms with Crippen molar-refractivity contribution in [2.45, 2.75) is 17.7 Å². The maximum absolute atomic E-state index is 11.9. The molecule has 0 spiro atoms. The van der Waals surface area contributed by atoms with Crippen molar-refractivity contribution in [3.63, 3.8) is 0 Å². The number of sulfonamides is 1. The fraction of sp³-hybridized carbons (Fsp3) is 0.364. The normalized spacial score (nSPS) is 11.6. The van der Waals surface area contributed by atoms with E-state index >= 15 is 0 Å². The predicted molar refractivity (Wildman–Crippen MR) is 63.4 cm³/mol. The minimum atomic E-state index is -3.95. The van der Waals surface area contributed by atoms with E-state index in [9.17, 15) is 22.0 Å². The van der Waals surface area contributed by atoms with Crippen LogP contribution in [0.25, 0.3) is 0 Å². The van der Waals surface area contributed by atoms with Crippen LogP contribution in [0.4, 0.5) is 8.78 Å². The number of ether oxygens (including phenoxy) is 1. The molecule has 1 aromatic carbocycles. The van der Waals surface area contributed by atoms with Gasteiger partial charge in [-0.15, -0.1) is 0 Å². The molecule has 0 unspecified atom stereocenters. The zero-order valence-electron chi connectivity index (χ0n) is 10.1. The number of carbonyl (C=O) groups is 1. The van der Waals surface area contributed by atoms with Gasteiger partial charge < -0.3 is 4.74 Å². The number of nitrogens with one attached hydrogen (secondary N) is 1. The number of rotatable bonds is 6.